The third-order valence-corrected chi connectivity index (χ3v) is 2.74. The molecule has 0 aromatic rings. The lowest BCUT2D eigenvalue weighted by Gasteiger charge is -2.12. The Labute approximate surface area is 96.5 Å². The standard InChI is InChI=1S/C12H20N2O2/c13-9-5-3-1-2-4-6-10-14-11(15)7-8-12(14)16/h7-8H,1-6,9-10,13H2. The number of nitrogens with two attached hydrogens (primary N) is 1. The molecule has 0 spiro atoms. The van der Waals surface area contributed by atoms with Crippen LogP contribution in [0, 0.1) is 0 Å². The summed E-state index contributed by atoms with van der Waals surface area (Å²) in [6, 6.07) is 0. The number of nitrogens with zero attached hydrogens (tertiary/aromatic N) is 1. The minimum absolute atomic E-state index is 0.173. The van der Waals surface area contributed by atoms with Gasteiger partial charge in [-0.3, -0.25) is 14.5 Å². The summed E-state index contributed by atoms with van der Waals surface area (Å²) in [7, 11) is 0. The van der Waals surface area contributed by atoms with Crippen LogP contribution in [0.5, 0.6) is 0 Å². The molecule has 0 radical (unpaired) electrons. The Morgan fingerprint density at radius 3 is 1.94 bits per heavy atom. The fourth-order valence-corrected chi connectivity index (χ4v) is 1.77. The van der Waals surface area contributed by atoms with E-state index in [-0.39, 0.29) is 11.8 Å². The molecule has 0 aromatic heterocycles. The molecule has 0 fully saturated rings. The van der Waals surface area contributed by atoms with E-state index in [0.29, 0.717) is 6.54 Å². The second-order valence-electron chi connectivity index (χ2n) is 4.07. The Hall–Kier alpha value is -1.16. The molecule has 0 atom stereocenters. The number of carbonyl (C=O) groups excluding carboxylic acids is 2. The van der Waals surface area contributed by atoms with Crippen molar-refractivity contribution in [2.24, 2.45) is 5.73 Å². The number of unbranched alkanes of at least 4 members (excludes halogenated alkanes) is 5. The van der Waals surface area contributed by atoms with Crippen molar-refractivity contribution in [2.45, 2.75) is 38.5 Å². The molecule has 1 rings (SSSR count). The van der Waals surface area contributed by atoms with Crippen molar-refractivity contribution in [3.8, 4) is 0 Å². The molecule has 4 nitrogen and oxygen atoms in total. The molecule has 1 heterocycles. The Kier molecular flexibility index (Phi) is 5.78. The van der Waals surface area contributed by atoms with E-state index in [1.54, 1.807) is 0 Å². The maximum absolute atomic E-state index is 11.2. The van der Waals surface area contributed by atoms with Crippen LogP contribution in [0.25, 0.3) is 0 Å². The molecule has 1 aliphatic rings. The van der Waals surface area contributed by atoms with Gasteiger partial charge in [0.1, 0.15) is 0 Å². The maximum atomic E-state index is 11.2. The Bertz CT molecular complexity index is 256. The molecule has 0 saturated heterocycles. The van der Waals surface area contributed by atoms with E-state index in [9.17, 15) is 9.59 Å². The van der Waals surface area contributed by atoms with Crippen LogP contribution in [0.4, 0.5) is 0 Å². The first-order chi connectivity index (χ1) is 7.75. The highest BCUT2D eigenvalue weighted by Crippen LogP contribution is 2.09. The minimum Gasteiger partial charge on any atom is -0.330 e. The van der Waals surface area contributed by atoms with Crippen molar-refractivity contribution in [1.29, 1.82) is 0 Å². The molecule has 2 amide bonds. The van der Waals surface area contributed by atoms with Gasteiger partial charge in [0, 0.05) is 18.7 Å². The van der Waals surface area contributed by atoms with Gasteiger partial charge < -0.3 is 5.73 Å². The van der Waals surface area contributed by atoms with E-state index in [0.717, 1.165) is 32.2 Å². The van der Waals surface area contributed by atoms with Crippen molar-refractivity contribution >= 4 is 11.8 Å². The summed E-state index contributed by atoms with van der Waals surface area (Å²) < 4.78 is 0. The normalized spacial score (nSPS) is 15.2. The van der Waals surface area contributed by atoms with E-state index in [1.807, 2.05) is 0 Å². The van der Waals surface area contributed by atoms with E-state index in [2.05, 4.69) is 0 Å². The van der Waals surface area contributed by atoms with Crippen LogP contribution in [0.3, 0.4) is 0 Å². The molecule has 2 N–H and O–H groups in total. The van der Waals surface area contributed by atoms with Crippen LogP contribution < -0.4 is 5.73 Å². The van der Waals surface area contributed by atoms with E-state index in [1.165, 1.54) is 29.9 Å². The molecule has 0 saturated carbocycles. The van der Waals surface area contributed by atoms with E-state index in [4.69, 9.17) is 5.73 Å². The van der Waals surface area contributed by atoms with Crippen molar-refractivity contribution in [3.63, 3.8) is 0 Å². The quantitative estimate of drug-likeness (QED) is 0.498. The summed E-state index contributed by atoms with van der Waals surface area (Å²) in [4.78, 5) is 23.7. The minimum atomic E-state index is -0.173. The molecule has 0 bridgehead atoms. The zero-order valence-corrected chi connectivity index (χ0v) is 9.65. The molecular weight excluding hydrogens is 204 g/mol. The van der Waals surface area contributed by atoms with Crippen molar-refractivity contribution < 1.29 is 9.59 Å². The van der Waals surface area contributed by atoms with Crippen molar-refractivity contribution in [3.05, 3.63) is 12.2 Å². The zero-order valence-electron chi connectivity index (χ0n) is 9.65. The summed E-state index contributed by atoms with van der Waals surface area (Å²) in [6.45, 7) is 1.32. The summed E-state index contributed by atoms with van der Waals surface area (Å²) in [5.74, 6) is -0.346. The molecule has 4 heteroatoms. The van der Waals surface area contributed by atoms with Gasteiger partial charge in [-0.05, 0) is 19.4 Å². The third kappa shape index (κ3) is 4.14. The molecule has 0 aliphatic carbocycles. The predicted molar refractivity (Wildman–Crippen MR) is 62.6 cm³/mol. The molecule has 0 aromatic carbocycles. The predicted octanol–water partition coefficient (Wildman–Crippen LogP) is 1.21. The van der Waals surface area contributed by atoms with Gasteiger partial charge in [0.05, 0.1) is 0 Å². The van der Waals surface area contributed by atoms with E-state index < -0.39 is 0 Å². The van der Waals surface area contributed by atoms with Crippen LogP contribution in [0.2, 0.25) is 0 Å². The Morgan fingerprint density at radius 2 is 1.38 bits per heavy atom. The first-order valence-corrected chi connectivity index (χ1v) is 5.99. The van der Waals surface area contributed by atoms with Gasteiger partial charge in [0.25, 0.3) is 11.8 Å². The molecule has 0 unspecified atom stereocenters. The number of hydrogen-bond donors (Lipinski definition) is 1. The molecule has 90 valence electrons. The van der Waals surface area contributed by atoms with Crippen molar-refractivity contribution in [1.82, 2.24) is 4.90 Å². The maximum Gasteiger partial charge on any atom is 0.253 e. The highest BCUT2D eigenvalue weighted by Gasteiger charge is 2.21. The SMILES string of the molecule is NCCCCCCCCN1C(=O)C=CC1=O. The number of amides is 2. The average molecular weight is 224 g/mol. The first-order valence-electron chi connectivity index (χ1n) is 5.99. The highest BCUT2D eigenvalue weighted by molar-refractivity contribution is 6.12. The lowest BCUT2D eigenvalue weighted by molar-refractivity contribution is -0.136. The van der Waals surface area contributed by atoms with Gasteiger partial charge in [0.2, 0.25) is 0 Å². The van der Waals surface area contributed by atoms with Gasteiger partial charge in [-0.1, -0.05) is 25.7 Å². The first kappa shape index (κ1) is 12.9. The summed E-state index contributed by atoms with van der Waals surface area (Å²) in [6.07, 6.45) is 9.27. The third-order valence-electron chi connectivity index (χ3n) is 2.74. The molecule has 16 heavy (non-hydrogen) atoms. The smallest absolute Gasteiger partial charge is 0.253 e. The topological polar surface area (TPSA) is 63.4 Å². The van der Waals surface area contributed by atoms with Crippen LogP contribution in [-0.2, 0) is 9.59 Å². The van der Waals surface area contributed by atoms with Gasteiger partial charge in [-0.2, -0.15) is 0 Å². The second kappa shape index (κ2) is 7.17. The Morgan fingerprint density at radius 1 is 0.875 bits per heavy atom. The summed E-state index contributed by atoms with van der Waals surface area (Å²) >= 11 is 0. The number of carbonyl (C=O) groups is 2. The van der Waals surface area contributed by atoms with Crippen molar-refractivity contribution in [2.75, 3.05) is 13.1 Å². The largest absolute Gasteiger partial charge is 0.330 e. The summed E-state index contributed by atoms with van der Waals surface area (Å²) in [5.41, 5.74) is 5.39. The molecular formula is C12H20N2O2. The molecule has 1 aliphatic heterocycles. The van der Waals surface area contributed by atoms with Gasteiger partial charge in [-0.15, -0.1) is 0 Å². The summed E-state index contributed by atoms with van der Waals surface area (Å²) in [5, 5.41) is 0. The second-order valence-corrected chi connectivity index (χ2v) is 4.07. The van der Waals surface area contributed by atoms with Gasteiger partial charge in [0.15, 0.2) is 0 Å². The van der Waals surface area contributed by atoms with Crippen LogP contribution in [0.15, 0.2) is 12.2 Å². The number of imide groups is 1. The fraction of sp³-hybridized carbons (Fsp3) is 0.667. The average Bonchev–Trinajstić information content (AvgIpc) is 2.59. The Balaban J connectivity index is 1.99. The van der Waals surface area contributed by atoms with Crippen LogP contribution in [0.1, 0.15) is 38.5 Å². The van der Waals surface area contributed by atoms with Crippen LogP contribution in [-0.4, -0.2) is 29.8 Å². The lowest BCUT2D eigenvalue weighted by Crippen LogP contribution is -2.30. The van der Waals surface area contributed by atoms with Gasteiger partial charge in [-0.25, -0.2) is 0 Å². The van der Waals surface area contributed by atoms with Crippen LogP contribution >= 0.6 is 0 Å². The van der Waals surface area contributed by atoms with Gasteiger partial charge >= 0.3 is 0 Å². The highest BCUT2D eigenvalue weighted by atomic mass is 16.2. The zero-order chi connectivity index (χ0) is 11.8. The van der Waals surface area contributed by atoms with E-state index >= 15 is 0 Å². The number of rotatable bonds is 8. The number of hydrogen-bond acceptors (Lipinski definition) is 3. The lowest BCUT2D eigenvalue weighted by atomic mass is 10.1. The fourth-order valence-electron chi connectivity index (χ4n) is 1.77. The monoisotopic (exact) mass is 224 g/mol.